The third-order valence-electron chi connectivity index (χ3n) is 5.66. The Hall–Kier alpha value is -2.04. The average molecular weight is 344 g/mol. The number of amides is 2. The Bertz CT molecular complexity index is 631. The molecule has 1 aromatic carbocycles. The molecule has 2 aliphatic rings. The van der Waals surface area contributed by atoms with Crippen LogP contribution in [-0.2, 0) is 16.1 Å². The topological polar surface area (TPSA) is 58.6 Å². The summed E-state index contributed by atoms with van der Waals surface area (Å²) in [5.74, 6) is 0.0214. The monoisotopic (exact) mass is 344 g/mol. The van der Waals surface area contributed by atoms with Crippen LogP contribution in [0.1, 0.15) is 56.1 Å². The number of esters is 1. The van der Waals surface area contributed by atoms with Gasteiger partial charge in [-0.1, -0.05) is 50.5 Å². The molecule has 0 aromatic heterocycles. The van der Waals surface area contributed by atoms with Crippen molar-refractivity contribution < 1.29 is 14.3 Å². The predicted octanol–water partition coefficient (Wildman–Crippen LogP) is 3.44. The zero-order valence-corrected chi connectivity index (χ0v) is 15.2. The SMILES string of the molecule is CCC1CCCC(NC(=O)N2Cc3ccccc3C(C(=O)OC)C2)C1. The van der Waals surface area contributed by atoms with Crippen LogP contribution in [-0.4, -0.2) is 36.6 Å². The fourth-order valence-corrected chi connectivity index (χ4v) is 4.16. The standard InChI is InChI=1S/C20H28N2O3/c1-3-14-7-6-9-16(11-14)21-20(24)22-12-15-8-4-5-10-17(15)18(13-22)19(23)25-2/h4-5,8,10,14,16,18H,3,6-7,9,11-13H2,1-2H3,(H,21,24). The van der Waals surface area contributed by atoms with Crippen molar-refractivity contribution in [2.45, 2.75) is 57.5 Å². The fourth-order valence-electron chi connectivity index (χ4n) is 4.16. The Balaban J connectivity index is 1.70. The molecule has 25 heavy (non-hydrogen) atoms. The van der Waals surface area contributed by atoms with Crippen molar-refractivity contribution in [3.63, 3.8) is 0 Å². The van der Waals surface area contributed by atoms with Crippen molar-refractivity contribution in [1.82, 2.24) is 10.2 Å². The Labute approximate surface area is 149 Å². The number of carbonyl (C=O) groups excluding carboxylic acids is 2. The lowest BCUT2D eigenvalue weighted by Crippen LogP contribution is -2.49. The molecule has 1 saturated carbocycles. The van der Waals surface area contributed by atoms with Crippen LogP contribution in [0.25, 0.3) is 0 Å². The van der Waals surface area contributed by atoms with Gasteiger partial charge in [-0.2, -0.15) is 0 Å². The van der Waals surface area contributed by atoms with Crippen molar-refractivity contribution in [2.24, 2.45) is 5.92 Å². The van der Waals surface area contributed by atoms with Gasteiger partial charge in [0.15, 0.2) is 0 Å². The van der Waals surface area contributed by atoms with E-state index in [-0.39, 0.29) is 18.0 Å². The molecule has 1 heterocycles. The highest BCUT2D eigenvalue weighted by Gasteiger charge is 2.34. The van der Waals surface area contributed by atoms with Crippen LogP contribution in [0, 0.1) is 5.92 Å². The number of urea groups is 1. The molecule has 1 aromatic rings. The number of rotatable bonds is 3. The first-order chi connectivity index (χ1) is 12.1. The van der Waals surface area contributed by atoms with Gasteiger partial charge in [-0.25, -0.2) is 4.79 Å². The highest BCUT2D eigenvalue weighted by molar-refractivity contribution is 5.82. The third kappa shape index (κ3) is 3.97. The molecule has 1 aliphatic carbocycles. The van der Waals surface area contributed by atoms with Gasteiger partial charge in [0.1, 0.15) is 0 Å². The van der Waals surface area contributed by atoms with E-state index in [1.807, 2.05) is 24.3 Å². The van der Waals surface area contributed by atoms with Crippen LogP contribution >= 0.6 is 0 Å². The summed E-state index contributed by atoms with van der Waals surface area (Å²) in [6, 6.07) is 8.00. The number of fused-ring (bicyclic) bond motifs is 1. The molecular formula is C20H28N2O3. The number of carbonyl (C=O) groups is 2. The van der Waals surface area contributed by atoms with Gasteiger partial charge in [0.25, 0.3) is 0 Å². The van der Waals surface area contributed by atoms with Gasteiger partial charge in [-0.05, 0) is 29.9 Å². The number of nitrogens with zero attached hydrogens (tertiary/aromatic N) is 1. The van der Waals surface area contributed by atoms with E-state index in [9.17, 15) is 9.59 Å². The summed E-state index contributed by atoms with van der Waals surface area (Å²) in [5, 5.41) is 3.20. The maximum Gasteiger partial charge on any atom is 0.317 e. The zero-order valence-electron chi connectivity index (χ0n) is 15.2. The van der Waals surface area contributed by atoms with Gasteiger partial charge < -0.3 is 15.0 Å². The van der Waals surface area contributed by atoms with Crippen molar-refractivity contribution >= 4 is 12.0 Å². The van der Waals surface area contributed by atoms with Gasteiger partial charge >= 0.3 is 12.0 Å². The summed E-state index contributed by atoms with van der Waals surface area (Å²) in [6.07, 6.45) is 5.73. The highest BCUT2D eigenvalue weighted by Crippen LogP contribution is 2.30. The van der Waals surface area contributed by atoms with Crippen LogP contribution in [0.3, 0.4) is 0 Å². The van der Waals surface area contributed by atoms with Gasteiger partial charge in [0, 0.05) is 19.1 Å². The first-order valence-electron chi connectivity index (χ1n) is 9.33. The molecule has 1 N–H and O–H groups in total. The molecule has 3 unspecified atom stereocenters. The highest BCUT2D eigenvalue weighted by atomic mass is 16.5. The molecule has 3 atom stereocenters. The van der Waals surface area contributed by atoms with E-state index in [0.29, 0.717) is 19.0 Å². The molecule has 136 valence electrons. The minimum atomic E-state index is -0.407. The van der Waals surface area contributed by atoms with E-state index in [1.54, 1.807) is 4.90 Å². The lowest BCUT2D eigenvalue weighted by atomic mass is 9.84. The van der Waals surface area contributed by atoms with Crippen molar-refractivity contribution in [2.75, 3.05) is 13.7 Å². The normalized spacial score (nSPS) is 25.8. The number of hydrogen-bond acceptors (Lipinski definition) is 3. The first-order valence-corrected chi connectivity index (χ1v) is 9.33. The molecule has 0 saturated heterocycles. The molecule has 2 amide bonds. The maximum absolute atomic E-state index is 12.8. The molecule has 0 bridgehead atoms. The molecular weight excluding hydrogens is 316 g/mol. The van der Waals surface area contributed by atoms with Crippen LogP contribution in [0.2, 0.25) is 0 Å². The van der Waals surface area contributed by atoms with Crippen LogP contribution in [0.15, 0.2) is 24.3 Å². The largest absolute Gasteiger partial charge is 0.468 e. The molecule has 1 aliphatic heterocycles. The molecule has 5 nitrogen and oxygen atoms in total. The summed E-state index contributed by atoms with van der Waals surface area (Å²) < 4.78 is 4.96. The molecule has 1 fully saturated rings. The lowest BCUT2D eigenvalue weighted by Gasteiger charge is -2.36. The Morgan fingerprint density at radius 3 is 2.84 bits per heavy atom. The summed E-state index contributed by atoms with van der Waals surface area (Å²) in [7, 11) is 1.40. The Kier molecular flexibility index (Phi) is 5.61. The minimum absolute atomic E-state index is 0.0647. The van der Waals surface area contributed by atoms with Crippen molar-refractivity contribution in [1.29, 1.82) is 0 Å². The molecule has 5 heteroatoms. The van der Waals surface area contributed by atoms with Gasteiger partial charge in [-0.15, -0.1) is 0 Å². The molecule has 0 spiro atoms. The molecule has 0 radical (unpaired) electrons. The quantitative estimate of drug-likeness (QED) is 0.855. The van der Waals surface area contributed by atoms with Crippen LogP contribution in [0.5, 0.6) is 0 Å². The van der Waals surface area contributed by atoms with Gasteiger partial charge in [0.2, 0.25) is 0 Å². The minimum Gasteiger partial charge on any atom is -0.468 e. The Morgan fingerprint density at radius 1 is 1.28 bits per heavy atom. The van der Waals surface area contributed by atoms with Crippen LogP contribution in [0.4, 0.5) is 4.79 Å². The first kappa shape index (κ1) is 17.8. The average Bonchev–Trinajstić information content (AvgIpc) is 2.66. The summed E-state index contributed by atoms with van der Waals surface area (Å²) >= 11 is 0. The number of nitrogens with one attached hydrogen (secondary N) is 1. The number of methoxy groups -OCH3 is 1. The van der Waals surface area contributed by atoms with Crippen molar-refractivity contribution in [3.8, 4) is 0 Å². The van der Waals surface area contributed by atoms with E-state index >= 15 is 0 Å². The zero-order chi connectivity index (χ0) is 17.8. The smallest absolute Gasteiger partial charge is 0.317 e. The second kappa shape index (κ2) is 7.89. The van der Waals surface area contributed by atoms with Crippen LogP contribution < -0.4 is 5.32 Å². The second-order valence-corrected chi connectivity index (χ2v) is 7.24. The van der Waals surface area contributed by atoms with Crippen molar-refractivity contribution in [3.05, 3.63) is 35.4 Å². The van der Waals surface area contributed by atoms with E-state index in [0.717, 1.165) is 24.0 Å². The summed E-state index contributed by atoms with van der Waals surface area (Å²) in [4.78, 5) is 26.7. The predicted molar refractivity (Wildman–Crippen MR) is 96.2 cm³/mol. The maximum atomic E-state index is 12.8. The fraction of sp³-hybridized carbons (Fsp3) is 0.600. The van der Waals surface area contributed by atoms with E-state index in [1.165, 1.54) is 26.4 Å². The van der Waals surface area contributed by atoms with E-state index < -0.39 is 5.92 Å². The summed E-state index contributed by atoms with van der Waals surface area (Å²) in [6.45, 7) is 3.14. The number of ether oxygens (including phenoxy) is 1. The third-order valence-corrected chi connectivity index (χ3v) is 5.66. The number of benzene rings is 1. The van der Waals surface area contributed by atoms with Gasteiger partial charge in [-0.3, -0.25) is 4.79 Å². The van der Waals surface area contributed by atoms with E-state index in [4.69, 9.17) is 4.74 Å². The number of hydrogen-bond donors (Lipinski definition) is 1. The summed E-state index contributed by atoms with van der Waals surface area (Å²) in [5.41, 5.74) is 2.00. The Morgan fingerprint density at radius 2 is 2.08 bits per heavy atom. The molecule has 3 rings (SSSR count). The lowest BCUT2D eigenvalue weighted by molar-refractivity contribution is -0.143. The second-order valence-electron chi connectivity index (χ2n) is 7.24. The van der Waals surface area contributed by atoms with E-state index in [2.05, 4.69) is 12.2 Å². The van der Waals surface area contributed by atoms with Gasteiger partial charge in [0.05, 0.1) is 13.0 Å².